The van der Waals surface area contributed by atoms with Gasteiger partial charge in [-0.3, -0.25) is 0 Å². The van der Waals surface area contributed by atoms with Gasteiger partial charge in [0.15, 0.2) is 0 Å². The Bertz CT molecular complexity index is 1170. The van der Waals surface area contributed by atoms with Gasteiger partial charge in [0.1, 0.15) is 5.01 Å². The van der Waals surface area contributed by atoms with Gasteiger partial charge < -0.3 is 0 Å². The van der Waals surface area contributed by atoms with Crippen LogP contribution in [0.1, 0.15) is 0 Å². The zero-order valence-corrected chi connectivity index (χ0v) is 15.8. The number of aromatic nitrogens is 3. The lowest BCUT2D eigenvalue weighted by Gasteiger charge is -2.02. The van der Waals surface area contributed by atoms with E-state index < -0.39 is 0 Å². The smallest absolute Gasteiger partial charge is 0.213 e. The predicted molar refractivity (Wildman–Crippen MR) is 112 cm³/mol. The van der Waals surface area contributed by atoms with Gasteiger partial charge in [-0.2, -0.15) is 5.10 Å². The Morgan fingerprint density at radius 1 is 0.704 bits per heavy atom. The number of halogens is 1. The minimum atomic E-state index is 0.721. The summed E-state index contributed by atoms with van der Waals surface area (Å²) in [6.45, 7) is 0. The number of rotatable bonds is 3. The van der Waals surface area contributed by atoms with Crippen molar-refractivity contribution in [1.29, 1.82) is 0 Å². The largest absolute Gasteiger partial charge is 0.217 e. The first kappa shape index (κ1) is 16.2. The lowest BCUT2D eigenvalue weighted by molar-refractivity contribution is 0.978. The number of nitrogens with zero attached hydrogens (tertiary/aromatic N) is 3. The Morgan fingerprint density at radius 3 is 2.04 bits per heavy atom. The molecule has 0 aliphatic carbocycles. The van der Waals surface area contributed by atoms with E-state index in [4.69, 9.17) is 21.7 Å². The molecular formula is C22H14ClN3S. The summed E-state index contributed by atoms with van der Waals surface area (Å²) in [5.41, 5.74) is 5.44. The fourth-order valence-electron chi connectivity index (χ4n) is 3.01. The molecule has 0 fully saturated rings. The van der Waals surface area contributed by atoms with Crippen molar-refractivity contribution >= 4 is 27.9 Å². The highest BCUT2D eigenvalue weighted by Gasteiger charge is 2.11. The molecule has 0 atom stereocenters. The lowest BCUT2D eigenvalue weighted by Crippen LogP contribution is -1.83. The van der Waals surface area contributed by atoms with Crippen molar-refractivity contribution in [3.63, 3.8) is 0 Å². The maximum Gasteiger partial charge on any atom is 0.213 e. The van der Waals surface area contributed by atoms with E-state index in [0.29, 0.717) is 0 Å². The Kier molecular flexibility index (Phi) is 4.00. The van der Waals surface area contributed by atoms with E-state index in [1.165, 1.54) is 11.1 Å². The first-order valence-electron chi connectivity index (χ1n) is 8.54. The van der Waals surface area contributed by atoms with E-state index in [-0.39, 0.29) is 0 Å². The van der Waals surface area contributed by atoms with E-state index in [1.807, 2.05) is 41.0 Å². The van der Waals surface area contributed by atoms with E-state index in [2.05, 4.69) is 48.5 Å². The monoisotopic (exact) mass is 387 g/mol. The molecule has 2 aromatic heterocycles. The molecule has 0 radical (unpaired) electrons. The summed E-state index contributed by atoms with van der Waals surface area (Å²) in [6, 6.07) is 26.5. The van der Waals surface area contributed by atoms with Crippen molar-refractivity contribution in [2.75, 3.05) is 0 Å². The summed E-state index contributed by atoms with van der Waals surface area (Å²) < 4.78 is 1.84. The summed E-state index contributed by atoms with van der Waals surface area (Å²) in [5.74, 6) is 0. The van der Waals surface area contributed by atoms with Gasteiger partial charge in [0.25, 0.3) is 0 Å². The number of hydrogen-bond donors (Lipinski definition) is 0. The van der Waals surface area contributed by atoms with Crippen molar-refractivity contribution in [2.45, 2.75) is 0 Å². The summed E-state index contributed by atoms with van der Waals surface area (Å²) in [4.78, 5) is 5.58. The molecule has 0 amide bonds. The van der Waals surface area contributed by atoms with Crippen molar-refractivity contribution in [3.05, 3.63) is 90.1 Å². The number of hydrogen-bond acceptors (Lipinski definition) is 3. The van der Waals surface area contributed by atoms with E-state index in [9.17, 15) is 0 Å². The quantitative estimate of drug-likeness (QED) is 0.356. The fraction of sp³-hybridized carbons (Fsp3) is 0. The van der Waals surface area contributed by atoms with Gasteiger partial charge in [0, 0.05) is 16.1 Å². The maximum absolute atomic E-state index is 5.96. The molecule has 5 heteroatoms. The summed E-state index contributed by atoms with van der Waals surface area (Å²) in [6.07, 6.45) is 1.96. The van der Waals surface area contributed by atoms with Crippen molar-refractivity contribution < 1.29 is 0 Å². The second kappa shape index (κ2) is 6.65. The molecule has 0 unspecified atom stereocenters. The molecule has 0 bridgehead atoms. The molecule has 0 saturated heterocycles. The van der Waals surface area contributed by atoms with Gasteiger partial charge in [-0.1, -0.05) is 89.7 Å². The van der Waals surface area contributed by atoms with Gasteiger partial charge in [0.2, 0.25) is 4.96 Å². The first-order chi connectivity index (χ1) is 13.3. The molecule has 5 rings (SSSR count). The highest BCUT2D eigenvalue weighted by atomic mass is 35.5. The van der Waals surface area contributed by atoms with Crippen LogP contribution in [0.15, 0.2) is 85.1 Å². The zero-order chi connectivity index (χ0) is 18.2. The molecular weight excluding hydrogens is 374 g/mol. The van der Waals surface area contributed by atoms with Crippen LogP contribution < -0.4 is 0 Å². The molecule has 3 aromatic carbocycles. The summed E-state index contributed by atoms with van der Waals surface area (Å²) in [5, 5.41) is 6.38. The third-order valence-electron chi connectivity index (χ3n) is 4.42. The van der Waals surface area contributed by atoms with Crippen LogP contribution in [0.3, 0.4) is 0 Å². The average molecular weight is 388 g/mol. The van der Waals surface area contributed by atoms with Crippen LogP contribution in [0.25, 0.3) is 37.9 Å². The number of imidazole rings is 1. The Labute approximate surface area is 165 Å². The van der Waals surface area contributed by atoms with Gasteiger partial charge >= 0.3 is 0 Å². The molecule has 27 heavy (non-hydrogen) atoms. The summed E-state index contributed by atoms with van der Waals surface area (Å²) in [7, 11) is 0. The Hall–Kier alpha value is -2.95. The topological polar surface area (TPSA) is 30.2 Å². The van der Waals surface area contributed by atoms with Crippen LogP contribution >= 0.6 is 22.9 Å². The van der Waals surface area contributed by atoms with E-state index in [1.54, 1.807) is 11.3 Å². The minimum absolute atomic E-state index is 0.721. The predicted octanol–water partition coefficient (Wildman–Crippen LogP) is 6.45. The second-order valence-electron chi connectivity index (χ2n) is 6.21. The van der Waals surface area contributed by atoms with Gasteiger partial charge in [-0.25, -0.2) is 9.50 Å². The highest BCUT2D eigenvalue weighted by Crippen LogP contribution is 2.30. The van der Waals surface area contributed by atoms with Gasteiger partial charge in [-0.15, -0.1) is 0 Å². The molecule has 0 saturated carbocycles. The molecule has 130 valence electrons. The molecule has 0 spiro atoms. The van der Waals surface area contributed by atoms with Crippen LogP contribution in [0.4, 0.5) is 0 Å². The zero-order valence-electron chi connectivity index (χ0n) is 14.2. The van der Waals surface area contributed by atoms with Crippen LogP contribution in [0.2, 0.25) is 5.02 Å². The second-order valence-corrected chi connectivity index (χ2v) is 7.60. The lowest BCUT2D eigenvalue weighted by atomic mass is 10.0. The molecule has 0 aliphatic rings. The van der Waals surface area contributed by atoms with Crippen LogP contribution in [-0.2, 0) is 0 Å². The third-order valence-corrected chi connectivity index (χ3v) is 5.65. The Balaban J connectivity index is 1.45. The van der Waals surface area contributed by atoms with Crippen LogP contribution in [0.5, 0.6) is 0 Å². The van der Waals surface area contributed by atoms with Crippen molar-refractivity contribution in [1.82, 2.24) is 14.6 Å². The Morgan fingerprint density at radius 2 is 1.33 bits per heavy atom. The number of fused-ring (bicyclic) bond motifs is 1. The van der Waals surface area contributed by atoms with E-state index >= 15 is 0 Å². The van der Waals surface area contributed by atoms with Crippen molar-refractivity contribution in [3.8, 4) is 33.0 Å². The van der Waals surface area contributed by atoms with E-state index in [0.717, 1.165) is 31.8 Å². The average Bonchev–Trinajstić information content (AvgIpc) is 3.29. The van der Waals surface area contributed by atoms with Crippen LogP contribution in [0, 0.1) is 0 Å². The number of benzene rings is 3. The third kappa shape index (κ3) is 3.14. The van der Waals surface area contributed by atoms with Gasteiger partial charge in [-0.05, 0) is 23.3 Å². The molecule has 0 aliphatic heterocycles. The normalized spacial score (nSPS) is 11.1. The van der Waals surface area contributed by atoms with Crippen LogP contribution in [-0.4, -0.2) is 14.6 Å². The first-order valence-corrected chi connectivity index (χ1v) is 9.74. The highest BCUT2D eigenvalue weighted by molar-refractivity contribution is 7.19. The minimum Gasteiger partial charge on any atom is -0.217 e. The fourth-order valence-corrected chi connectivity index (χ4v) is 4.03. The molecule has 3 nitrogen and oxygen atoms in total. The maximum atomic E-state index is 5.96. The van der Waals surface area contributed by atoms with Crippen molar-refractivity contribution in [2.24, 2.45) is 0 Å². The molecule has 5 aromatic rings. The SMILES string of the molecule is Clc1ccc(-c2cn3nc(-c4ccc(-c5ccccc5)cc4)sc3n2)cc1. The van der Waals surface area contributed by atoms with Gasteiger partial charge in [0.05, 0.1) is 11.9 Å². The molecule has 2 heterocycles. The summed E-state index contributed by atoms with van der Waals surface area (Å²) >= 11 is 7.54. The molecule has 0 N–H and O–H groups in total. The standard InChI is InChI=1S/C22H14ClN3S/c23-19-12-10-17(11-13-19)20-14-26-22(24-20)27-21(25-26)18-8-6-16(7-9-18)15-4-2-1-3-5-15/h1-14H.